The number of nitriles is 1. The summed E-state index contributed by atoms with van der Waals surface area (Å²) in [5.41, 5.74) is 2.81. The second-order valence-corrected chi connectivity index (χ2v) is 7.93. The highest BCUT2D eigenvalue weighted by molar-refractivity contribution is 9.10. The topological polar surface area (TPSA) is 62.1 Å². The van der Waals surface area contributed by atoms with Gasteiger partial charge < -0.3 is 10.1 Å². The zero-order valence-electron chi connectivity index (χ0n) is 16.5. The quantitative estimate of drug-likeness (QED) is 0.304. The van der Waals surface area contributed by atoms with Crippen LogP contribution in [0.5, 0.6) is 5.75 Å². The Hall–Kier alpha value is -3.14. The maximum Gasteiger partial charge on any atom is 0.266 e. The Morgan fingerprint density at radius 3 is 2.58 bits per heavy atom. The van der Waals surface area contributed by atoms with Crippen LogP contribution in [0.2, 0.25) is 5.02 Å². The SMILES string of the molecule is Cc1ccccc1NC(=O)/C(C#N)=C\c1cc(Cl)c(OCc2ccc(F)cc2)c(Br)c1. The van der Waals surface area contributed by atoms with Crippen LogP contribution in [-0.2, 0) is 11.4 Å². The van der Waals surface area contributed by atoms with Gasteiger partial charge in [0.15, 0.2) is 5.75 Å². The number of ether oxygens (including phenoxy) is 1. The third-order valence-electron chi connectivity index (χ3n) is 4.39. The van der Waals surface area contributed by atoms with Crippen LogP contribution in [0.4, 0.5) is 10.1 Å². The number of anilines is 1. The first-order valence-electron chi connectivity index (χ1n) is 9.22. The summed E-state index contributed by atoms with van der Waals surface area (Å²) in [6.07, 6.45) is 1.45. The minimum Gasteiger partial charge on any atom is -0.486 e. The molecule has 0 aliphatic heterocycles. The number of aryl methyl sites for hydroxylation is 1. The minimum absolute atomic E-state index is 0.0637. The van der Waals surface area contributed by atoms with Crippen LogP contribution in [0.1, 0.15) is 16.7 Å². The molecule has 3 aromatic rings. The normalized spacial score (nSPS) is 11.0. The van der Waals surface area contributed by atoms with Gasteiger partial charge in [0.2, 0.25) is 0 Å². The Kier molecular flexibility index (Phi) is 7.45. The average Bonchev–Trinajstić information content (AvgIpc) is 2.74. The number of hydrogen-bond acceptors (Lipinski definition) is 3. The van der Waals surface area contributed by atoms with Gasteiger partial charge in [-0.2, -0.15) is 5.26 Å². The van der Waals surface area contributed by atoms with Crippen molar-refractivity contribution in [1.82, 2.24) is 0 Å². The van der Waals surface area contributed by atoms with E-state index in [2.05, 4.69) is 21.2 Å². The molecule has 156 valence electrons. The van der Waals surface area contributed by atoms with Crippen LogP contribution in [0.25, 0.3) is 6.08 Å². The molecule has 0 bridgehead atoms. The Bertz CT molecular complexity index is 1160. The summed E-state index contributed by atoms with van der Waals surface area (Å²) in [4.78, 5) is 12.5. The lowest BCUT2D eigenvalue weighted by atomic mass is 10.1. The molecule has 3 aromatic carbocycles. The summed E-state index contributed by atoms with van der Waals surface area (Å²) >= 11 is 9.77. The predicted molar refractivity (Wildman–Crippen MR) is 123 cm³/mol. The molecule has 0 heterocycles. The summed E-state index contributed by atoms with van der Waals surface area (Å²) in [6, 6.07) is 18.5. The van der Waals surface area contributed by atoms with E-state index < -0.39 is 5.91 Å². The van der Waals surface area contributed by atoms with Gasteiger partial charge in [0.25, 0.3) is 5.91 Å². The minimum atomic E-state index is -0.513. The van der Waals surface area contributed by atoms with Gasteiger partial charge in [-0.05, 0) is 76.0 Å². The molecule has 0 radical (unpaired) electrons. The number of nitrogens with one attached hydrogen (secondary N) is 1. The van der Waals surface area contributed by atoms with Crippen molar-refractivity contribution < 1.29 is 13.9 Å². The number of halogens is 3. The van der Waals surface area contributed by atoms with Crippen molar-refractivity contribution in [2.24, 2.45) is 0 Å². The van der Waals surface area contributed by atoms with E-state index in [0.717, 1.165) is 11.1 Å². The molecule has 0 spiro atoms. The fourth-order valence-electron chi connectivity index (χ4n) is 2.75. The van der Waals surface area contributed by atoms with Crippen molar-refractivity contribution in [2.45, 2.75) is 13.5 Å². The van der Waals surface area contributed by atoms with E-state index in [9.17, 15) is 14.4 Å². The van der Waals surface area contributed by atoms with Crippen molar-refractivity contribution in [3.05, 3.63) is 98.2 Å². The van der Waals surface area contributed by atoms with Crippen LogP contribution in [0.3, 0.4) is 0 Å². The van der Waals surface area contributed by atoms with Crippen molar-refractivity contribution in [3.8, 4) is 11.8 Å². The molecular formula is C24H17BrClFN2O2. The lowest BCUT2D eigenvalue weighted by Gasteiger charge is -2.12. The molecule has 0 aliphatic carbocycles. The Morgan fingerprint density at radius 2 is 1.94 bits per heavy atom. The second-order valence-electron chi connectivity index (χ2n) is 6.67. The van der Waals surface area contributed by atoms with E-state index in [1.807, 2.05) is 25.1 Å². The fourth-order valence-corrected chi connectivity index (χ4v) is 3.74. The number of carbonyl (C=O) groups is 1. The molecule has 0 fully saturated rings. The van der Waals surface area contributed by atoms with E-state index in [-0.39, 0.29) is 18.0 Å². The van der Waals surface area contributed by atoms with E-state index in [4.69, 9.17) is 16.3 Å². The Morgan fingerprint density at radius 1 is 1.23 bits per heavy atom. The zero-order chi connectivity index (χ0) is 22.4. The Balaban J connectivity index is 1.78. The molecule has 0 unspecified atom stereocenters. The van der Waals surface area contributed by atoms with Gasteiger partial charge in [-0.3, -0.25) is 4.79 Å². The molecule has 3 rings (SSSR count). The van der Waals surface area contributed by atoms with Gasteiger partial charge in [-0.25, -0.2) is 4.39 Å². The van der Waals surface area contributed by atoms with Crippen LogP contribution in [-0.4, -0.2) is 5.91 Å². The molecule has 31 heavy (non-hydrogen) atoms. The average molecular weight is 500 g/mol. The van der Waals surface area contributed by atoms with Crippen LogP contribution in [0.15, 0.2) is 70.7 Å². The lowest BCUT2D eigenvalue weighted by Crippen LogP contribution is -2.14. The van der Waals surface area contributed by atoms with Crippen molar-refractivity contribution in [3.63, 3.8) is 0 Å². The summed E-state index contributed by atoms with van der Waals surface area (Å²) in [6.45, 7) is 2.07. The number of benzene rings is 3. The first kappa shape index (κ1) is 22.5. The molecule has 7 heteroatoms. The standard InChI is InChI=1S/C24H17BrClFN2O2/c1-15-4-2-3-5-22(15)29-24(30)18(13-28)10-17-11-20(25)23(21(26)12-17)31-14-16-6-8-19(27)9-7-16/h2-12H,14H2,1H3,(H,29,30)/b18-10-. The van der Waals surface area contributed by atoms with Crippen LogP contribution >= 0.6 is 27.5 Å². The second kappa shape index (κ2) is 10.3. The number of hydrogen-bond donors (Lipinski definition) is 1. The van der Waals surface area contributed by atoms with Crippen LogP contribution < -0.4 is 10.1 Å². The molecule has 0 aliphatic rings. The largest absolute Gasteiger partial charge is 0.486 e. The number of amides is 1. The fraction of sp³-hybridized carbons (Fsp3) is 0.0833. The van der Waals surface area contributed by atoms with E-state index >= 15 is 0 Å². The molecule has 1 amide bonds. The highest BCUT2D eigenvalue weighted by Gasteiger charge is 2.13. The molecule has 0 saturated heterocycles. The van der Waals surface area contributed by atoms with Gasteiger partial charge in [-0.15, -0.1) is 0 Å². The third-order valence-corrected chi connectivity index (χ3v) is 5.26. The molecule has 4 nitrogen and oxygen atoms in total. The van der Waals surface area contributed by atoms with Gasteiger partial charge in [-0.1, -0.05) is 41.9 Å². The van der Waals surface area contributed by atoms with E-state index in [1.54, 1.807) is 36.4 Å². The number of nitrogens with zero attached hydrogens (tertiary/aromatic N) is 1. The smallest absolute Gasteiger partial charge is 0.266 e. The highest BCUT2D eigenvalue weighted by atomic mass is 79.9. The van der Waals surface area contributed by atoms with E-state index in [0.29, 0.717) is 26.5 Å². The number of rotatable bonds is 6. The van der Waals surface area contributed by atoms with Crippen molar-refractivity contribution in [1.29, 1.82) is 5.26 Å². The molecule has 0 saturated carbocycles. The monoisotopic (exact) mass is 498 g/mol. The highest BCUT2D eigenvalue weighted by Crippen LogP contribution is 2.35. The molecular weight excluding hydrogens is 483 g/mol. The Labute approximate surface area is 193 Å². The first-order chi connectivity index (χ1) is 14.9. The molecule has 0 atom stereocenters. The lowest BCUT2D eigenvalue weighted by molar-refractivity contribution is -0.112. The summed E-state index contributed by atoms with van der Waals surface area (Å²) in [5, 5.41) is 12.5. The predicted octanol–water partition coefficient (Wildman–Crippen LogP) is 6.67. The molecule has 1 N–H and O–H groups in total. The van der Waals surface area contributed by atoms with Gasteiger partial charge in [0.1, 0.15) is 24.1 Å². The first-order valence-corrected chi connectivity index (χ1v) is 10.4. The summed E-state index contributed by atoms with van der Waals surface area (Å²) < 4.78 is 19.3. The van der Waals surface area contributed by atoms with Gasteiger partial charge in [0, 0.05) is 5.69 Å². The van der Waals surface area contributed by atoms with Crippen molar-refractivity contribution >= 4 is 45.2 Å². The maximum atomic E-state index is 13.0. The third kappa shape index (κ3) is 5.94. The summed E-state index contributed by atoms with van der Waals surface area (Å²) in [5.74, 6) is -0.425. The van der Waals surface area contributed by atoms with Crippen molar-refractivity contribution in [2.75, 3.05) is 5.32 Å². The number of carbonyl (C=O) groups excluding carboxylic acids is 1. The van der Waals surface area contributed by atoms with Crippen LogP contribution in [0, 0.1) is 24.1 Å². The van der Waals surface area contributed by atoms with E-state index in [1.165, 1.54) is 18.2 Å². The van der Waals surface area contributed by atoms with Gasteiger partial charge in [0.05, 0.1) is 9.50 Å². The van der Waals surface area contributed by atoms with Gasteiger partial charge >= 0.3 is 0 Å². The zero-order valence-corrected chi connectivity index (χ0v) is 18.8. The summed E-state index contributed by atoms with van der Waals surface area (Å²) in [7, 11) is 0. The molecule has 0 aromatic heterocycles. The number of para-hydroxylation sites is 1. The maximum absolute atomic E-state index is 13.0.